The van der Waals surface area contributed by atoms with Gasteiger partial charge in [0.15, 0.2) is 11.5 Å². The Kier molecular flexibility index (Phi) is 4.22. The number of rotatable bonds is 5. The van der Waals surface area contributed by atoms with Gasteiger partial charge in [-0.1, -0.05) is 23.7 Å². The maximum Gasteiger partial charge on any atom is 0.586 e. The number of aliphatic carboxylic acids is 1. The van der Waals surface area contributed by atoms with Crippen molar-refractivity contribution >= 4 is 17.6 Å². The second-order valence-electron chi connectivity index (χ2n) is 6.13. The van der Waals surface area contributed by atoms with Crippen LogP contribution in [0.25, 0.3) is 0 Å². The SMILES string of the molecule is O=C(O)CC1COc2cc(OCc3ccc(Cl)c4c3OC(F)(F)O4)ccc21. The topological polar surface area (TPSA) is 74.2 Å². The summed E-state index contributed by atoms with van der Waals surface area (Å²) in [6.45, 7) is 0.228. The number of alkyl halides is 2. The van der Waals surface area contributed by atoms with E-state index in [4.69, 9.17) is 26.2 Å². The Morgan fingerprint density at radius 3 is 2.81 bits per heavy atom. The molecule has 0 amide bonds. The van der Waals surface area contributed by atoms with Crippen molar-refractivity contribution in [1.82, 2.24) is 0 Å². The number of carbonyl (C=O) groups is 1. The minimum atomic E-state index is -3.78. The summed E-state index contributed by atoms with van der Waals surface area (Å²) >= 11 is 5.86. The third-order valence-electron chi connectivity index (χ3n) is 4.27. The van der Waals surface area contributed by atoms with Crippen molar-refractivity contribution in [3.8, 4) is 23.0 Å². The molecule has 0 saturated carbocycles. The summed E-state index contributed by atoms with van der Waals surface area (Å²) in [5, 5.41) is 8.95. The van der Waals surface area contributed by atoms with Gasteiger partial charge >= 0.3 is 12.3 Å². The van der Waals surface area contributed by atoms with Crippen LogP contribution >= 0.6 is 11.6 Å². The summed E-state index contributed by atoms with van der Waals surface area (Å²) in [5.41, 5.74) is 1.14. The van der Waals surface area contributed by atoms with Crippen molar-refractivity contribution in [1.29, 1.82) is 0 Å². The maximum atomic E-state index is 13.3. The fourth-order valence-corrected chi connectivity index (χ4v) is 3.23. The molecule has 1 unspecified atom stereocenters. The fourth-order valence-electron chi connectivity index (χ4n) is 3.05. The normalized spacial score (nSPS) is 18.7. The lowest BCUT2D eigenvalue weighted by atomic mass is 9.98. The quantitative estimate of drug-likeness (QED) is 0.814. The Morgan fingerprint density at radius 1 is 1.26 bits per heavy atom. The molecule has 2 aliphatic heterocycles. The maximum absolute atomic E-state index is 13.3. The molecule has 4 rings (SSSR count). The van der Waals surface area contributed by atoms with Crippen LogP contribution in [-0.2, 0) is 11.4 Å². The van der Waals surface area contributed by atoms with Crippen molar-refractivity contribution in [3.05, 3.63) is 46.5 Å². The van der Waals surface area contributed by atoms with Gasteiger partial charge in [-0.05, 0) is 12.1 Å². The molecule has 1 atom stereocenters. The lowest BCUT2D eigenvalue weighted by Gasteiger charge is -2.11. The average Bonchev–Trinajstić information content (AvgIpc) is 3.14. The standard InChI is InChI=1S/C18H13ClF2O6/c19-13-4-1-9(16-17(13)27-18(20,21)26-16)7-24-11-2-3-12-10(5-15(22)23)8-25-14(12)6-11/h1-4,6,10H,5,7-8H2,(H,22,23). The number of hydrogen-bond acceptors (Lipinski definition) is 5. The first-order chi connectivity index (χ1) is 12.8. The van der Waals surface area contributed by atoms with Crippen LogP contribution in [0.5, 0.6) is 23.0 Å². The smallest absolute Gasteiger partial charge is 0.492 e. The monoisotopic (exact) mass is 398 g/mol. The molecule has 0 fully saturated rings. The molecule has 2 heterocycles. The second-order valence-corrected chi connectivity index (χ2v) is 6.53. The van der Waals surface area contributed by atoms with Gasteiger partial charge in [0.2, 0.25) is 0 Å². The second kappa shape index (κ2) is 6.45. The van der Waals surface area contributed by atoms with Crippen LogP contribution in [0.2, 0.25) is 5.02 Å². The molecule has 0 radical (unpaired) electrons. The highest BCUT2D eigenvalue weighted by molar-refractivity contribution is 6.32. The van der Waals surface area contributed by atoms with E-state index in [1.165, 1.54) is 12.1 Å². The molecule has 142 valence electrons. The van der Waals surface area contributed by atoms with E-state index in [0.717, 1.165) is 5.56 Å². The van der Waals surface area contributed by atoms with E-state index in [1.54, 1.807) is 18.2 Å². The number of halogens is 3. The van der Waals surface area contributed by atoms with Gasteiger partial charge in [0.25, 0.3) is 0 Å². The van der Waals surface area contributed by atoms with Crippen molar-refractivity contribution in [2.45, 2.75) is 25.2 Å². The first-order valence-electron chi connectivity index (χ1n) is 8.01. The van der Waals surface area contributed by atoms with Crippen LogP contribution in [-0.4, -0.2) is 24.0 Å². The van der Waals surface area contributed by atoms with Crippen LogP contribution in [0.1, 0.15) is 23.5 Å². The molecule has 0 aromatic heterocycles. The van der Waals surface area contributed by atoms with Crippen LogP contribution in [0.3, 0.4) is 0 Å². The first kappa shape index (κ1) is 17.7. The predicted molar refractivity (Wildman–Crippen MR) is 88.9 cm³/mol. The molecular formula is C18H13ClF2O6. The number of hydrogen-bond donors (Lipinski definition) is 1. The minimum Gasteiger partial charge on any atom is -0.492 e. The molecule has 0 spiro atoms. The zero-order valence-electron chi connectivity index (χ0n) is 13.7. The zero-order valence-corrected chi connectivity index (χ0v) is 14.5. The summed E-state index contributed by atoms with van der Waals surface area (Å²) in [6.07, 6.45) is -3.79. The third-order valence-corrected chi connectivity index (χ3v) is 4.57. The summed E-state index contributed by atoms with van der Waals surface area (Å²) in [4.78, 5) is 10.9. The molecule has 2 aromatic carbocycles. The van der Waals surface area contributed by atoms with Gasteiger partial charge in [-0.15, -0.1) is 8.78 Å². The van der Waals surface area contributed by atoms with Crippen molar-refractivity contribution in [2.24, 2.45) is 0 Å². The molecule has 2 aromatic rings. The largest absolute Gasteiger partial charge is 0.586 e. The van der Waals surface area contributed by atoms with Crippen molar-refractivity contribution in [2.75, 3.05) is 6.61 Å². The zero-order chi connectivity index (χ0) is 19.2. The Balaban J connectivity index is 1.50. The number of carboxylic acid groups (broad SMARTS) is 1. The summed E-state index contributed by atoms with van der Waals surface area (Å²) in [6, 6.07) is 7.99. The summed E-state index contributed by atoms with van der Waals surface area (Å²) < 4.78 is 46.8. The number of fused-ring (bicyclic) bond motifs is 2. The molecular weight excluding hydrogens is 386 g/mol. The lowest BCUT2D eigenvalue weighted by molar-refractivity contribution is -0.287. The highest BCUT2D eigenvalue weighted by atomic mass is 35.5. The Bertz CT molecular complexity index is 917. The number of carboxylic acids is 1. The molecule has 0 bridgehead atoms. The van der Waals surface area contributed by atoms with E-state index in [9.17, 15) is 13.6 Å². The van der Waals surface area contributed by atoms with E-state index in [-0.39, 0.29) is 42.1 Å². The molecule has 2 aliphatic rings. The highest BCUT2D eigenvalue weighted by Crippen LogP contribution is 2.48. The lowest BCUT2D eigenvalue weighted by Crippen LogP contribution is -2.26. The van der Waals surface area contributed by atoms with Crippen LogP contribution in [0.4, 0.5) is 8.78 Å². The van der Waals surface area contributed by atoms with Gasteiger partial charge in [-0.3, -0.25) is 4.79 Å². The first-order valence-corrected chi connectivity index (χ1v) is 8.39. The molecule has 0 saturated heterocycles. The molecule has 1 N–H and O–H groups in total. The van der Waals surface area contributed by atoms with E-state index in [1.807, 2.05) is 0 Å². The average molecular weight is 399 g/mol. The number of benzene rings is 2. The van der Waals surface area contributed by atoms with E-state index >= 15 is 0 Å². The predicted octanol–water partition coefficient (Wildman–Crippen LogP) is 4.19. The van der Waals surface area contributed by atoms with Crippen LogP contribution in [0, 0.1) is 0 Å². The van der Waals surface area contributed by atoms with E-state index in [0.29, 0.717) is 17.1 Å². The Morgan fingerprint density at radius 2 is 2.04 bits per heavy atom. The van der Waals surface area contributed by atoms with Crippen LogP contribution in [0.15, 0.2) is 30.3 Å². The summed E-state index contributed by atoms with van der Waals surface area (Å²) in [7, 11) is 0. The molecule has 6 nitrogen and oxygen atoms in total. The van der Waals surface area contributed by atoms with Gasteiger partial charge in [0.05, 0.1) is 18.1 Å². The fraction of sp³-hybridized carbons (Fsp3) is 0.278. The van der Waals surface area contributed by atoms with Gasteiger partial charge in [-0.25, -0.2) is 0 Å². The van der Waals surface area contributed by atoms with E-state index in [2.05, 4.69) is 9.47 Å². The van der Waals surface area contributed by atoms with Gasteiger partial charge in [0.1, 0.15) is 18.1 Å². The highest BCUT2D eigenvalue weighted by Gasteiger charge is 2.45. The van der Waals surface area contributed by atoms with Gasteiger partial charge in [-0.2, -0.15) is 0 Å². The van der Waals surface area contributed by atoms with E-state index < -0.39 is 12.3 Å². The number of ether oxygens (including phenoxy) is 4. The van der Waals surface area contributed by atoms with Gasteiger partial charge < -0.3 is 24.1 Å². The Labute approximate surface area is 157 Å². The molecule has 9 heteroatoms. The third kappa shape index (κ3) is 3.44. The summed E-state index contributed by atoms with van der Waals surface area (Å²) in [5.74, 6) is -0.500. The van der Waals surface area contributed by atoms with Gasteiger partial charge in [0, 0.05) is 23.1 Å². The van der Waals surface area contributed by atoms with Crippen LogP contribution < -0.4 is 18.9 Å². The van der Waals surface area contributed by atoms with Crippen molar-refractivity contribution < 1.29 is 37.6 Å². The molecule has 0 aliphatic carbocycles. The molecule has 27 heavy (non-hydrogen) atoms. The minimum absolute atomic E-state index is 0.0151. The van der Waals surface area contributed by atoms with Crippen molar-refractivity contribution in [3.63, 3.8) is 0 Å². The Hall–Kier alpha value is -2.74.